The molecule has 7 nitrogen and oxygen atoms in total. The molecule has 2 aliphatic rings. The number of hydrogen-bond acceptors (Lipinski definition) is 5. The van der Waals surface area contributed by atoms with Crippen molar-refractivity contribution in [3.63, 3.8) is 0 Å². The Labute approximate surface area is 152 Å². The molecule has 1 aromatic carbocycles. The highest BCUT2D eigenvalue weighted by Gasteiger charge is 2.54. The van der Waals surface area contributed by atoms with E-state index in [0.717, 1.165) is 0 Å². The Hall–Kier alpha value is -2.54. The fraction of sp³-hybridized carbons (Fsp3) is 0.474. The Bertz CT molecular complexity index is 718. The van der Waals surface area contributed by atoms with Crippen molar-refractivity contribution in [1.82, 2.24) is 4.90 Å². The second-order valence-corrected chi connectivity index (χ2v) is 6.63. The number of benzene rings is 1. The van der Waals surface area contributed by atoms with Crippen molar-refractivity contribution in [2.24, 2.45) is 11.3 Å². The van der Waals surface area contributed by atoms with Crippen molar-refractivity contribution in [2.45, 2.75) is 6.42 Å². The first-order valence-corrected chi connectivity index (χ1v) is 8.54. The van der Waals surface area contributed by atoms with Gasteiger partial charge < -0.3 is 24.2 Å². The molecule has 26 heavy (non-hydrogen) atoms. The molecule has 0 aliphatic carbocycles. The molecule has 2 saturated heterocycles. The number of rotatable bonds is 6. The normalized spacial score (nSPS) is 24.7. The Balaban J connectivity index is 1.81. The number of nitrogens with zero attached hydrogens (tertiary/aromatic N) is 1. The van der Waals surface area contributed by atoms with E-state index in [-0.39, 0.29) is 18.4 Å². The van der Waals surface area contributed by atoms with Crippen LogP contribution in [0.2, 0.25) is 0 Å². The van der Waals surface area contributed by atoms with E-state index < -0.39 is 11.4 Å². The summed E-state index contributed by atoms with van der Waals surface area (Å²) in [7, 11) is 1.51. The van der Waals surface area contributed by atoms with Crippen LogP contribution in [0.4, 0.5) is 0 Å². The van der Waals surface area contributed by atoms with Gasteiger partial charge in [-0.3, -0.25) is 9.59 Å². The molecule has 0 bridgehead atoms. The van der Waals surface area contributed by atoms with Crippen molar-refractivity contribution in [3.05, 3.63) is 36.4 Å². The number of methoxy groups -OCH3 is 1. The van der Waals surface area contributed by atoms with Crippen LogP contribution < -0.4 is 9.47 Å². The van der Waals surface area contributed by atoms with Crippen LogP contribution in [-0.4, -0.2) is 61.9 Å². The SMILES string of the molecule is C=CCOc1ccc(C(=O)N2C[C@H]3COCC[C@@]3(C(=O)O)C2)cc1OC. The Morgan fingerprint density at radius 3 is 2.92 bits per heavy atom. The molecule has 7 heteroatoms. The molecule has 2 atom stereocenters. The zero-order valence-corrected chi connectivity index (χ0v) is 14.8. The van der Waals surface area contributed by atoms with Gasteiger partial charge in [0.2, 0.25) is 0 Å². The first-order valence-electron chi connectivity index (χ1n) is 8.54. The highest BCUT2D eigenvalue weighted by atomic mass is 16.5. The summed E-state index contributed by atoms with van der Waals surface area (Å²) in [5.41, 5.74) is -0.474. The summed E-state index contributed by atoms with van der Waals surface area (Å²) in [5.74, 6) is -0.282. The number of carboxylic acid groups (broad SMARTS) is 1. The maximum atomic E-state index is 12.9. The largest absolute Gasteiger partial charge is 0.493 e. The molecule has 0 radical (unpaired) electrons. The molecule has 1 N–H and O–H groups in total. The molecule has 2 aliphatic heterocycles. The van der Waals surface area contributed by atoms with Gasteiger partial charge in [-0.15, -0.1) is 0 Å². The molecule has 0 aromatic heterocycles. The minimum Gasteiger partial charge on any atom is -0.493 e. The van der Waals surface area contributed by atoms with Crippen molar-refractivity contribution < 1.29 is 28.9 Å². The summed E-state index contributed by atoms with van der Waals surface area (Å²) in [4.78, 5) is 26.4. The highest BCUT2D eigenvalue weighted by molar-refractivity contribution is 5.96. The van der Waals surface area contributed by atoms with Crippen molar-refractivity contribution in [1.29, 1.82) is 0 Å². The zero-order chi connectivity index (χ0) is 18.7. The number of hydrogen-bond donors (Lipinski definition) is 1. The first-order chi connectivity index (χ1) is 12.5. The highest BCUT2D eigenvalue weighted by Crippen LogP contribution is 2.43. The monoisotopic (exact) mass is 361 g/mol. The average molecular weight is 361 g/mol. The maximum absolute atomic E-state index is 12.9. The van der Waals surface area contributed by atoms with E-state index in [1.165, 1.54) is 7.11 Å². The number of amides is 1. The lowest BCUT2D eigenvalue weighted by Crippen LogP contribution is -2.45. The topological polar surface area (TPSA) is 85.3 Å². The van der Waals surface area contributed by atoms with E-state index >= 15 is 0 Å². The van der Waals surface area contributed by atoms with Gasteiger partial charge in [-0.1, -0.05) is 12.7 Å². The van der Waals surface area contributed by atoms with Crippen LogP contribution in [-0.2, 0) is 9.53 Å². The van der Waals surface area contributed by atoms with E-state index in [1.54, 1.807) is 29.2 Å². The second kappa shape index (κ2) is 7.37. The van der Waals surface area contributed by atoms with Crippen LogP contribution in [0, 0.1) is 11.3 Å². The third-order valence-corrected chi connectivity index (χ3v) is 5.19. The smallest absolute Gasteiger partial charge is 0.311 e. The number of carbonyl (C=O) groups is 2. The minimum atomic E-state index is -0.912. The van der Waals surface area contributed by atoms with Crippen LogP contribution in [0.25, 0.3) is 0 Å². The number of likely N-dealkylation sites (tertiary alicyclic amines) is 1. The van der Waals surface area contributed by atoms with Gasteiger partial charge in [0.05, 0.1) is 19.1 Å². The number of aliphatic carboxylic acids is 1. The third-order valence-electron chi connectivity index (χ3n) is 5.19. The van der Waals surface area contributed by atoms with Gasteiger partial charge in [-0.05, 0) is 24.6 Å². The lowest BCUT2D eigenvalue weighted by molar-refractivity contribution is -0.157. The van der Waals surface area contributed by atoms with Crippen LogP contribution in [0.1, 0.15) is 16.8 Å². The van der Waals surface area contributed by atoms with Gasteiger partial charge in [0.15, 0.2) is 11.5 Å². The van der Waals surface area contributed by atoms with Crippen LogP contribution in [0.5, 0.6) is 11.5 Å². The number of carboxylic acids is 1. The fourth-order valence-electron chi connectivity index (χ4n) is 3.71. The molecule has 1 aromatic rings. The van der Waals surface area contributed by atoms with Crippen LogP contribution in [0.3, 0.4) is 0 Å². The second-order valence-electron chi connectivity index (χ2n) is 6.63. The van der Waals surface area contributed by atoms with E-state index in [4.69, 9.17) is 14.2 Å². The van der Waals surface area contributed by atoms with Gasteiger partial charge >= 0.3 is 5.97 Å². The van der Waals surface area contributed by atoms with Gasteiger partial charge in [-0.25, -0.2) is 0 Å². The summed E-state index contributed by atoms with van der Waals surface area (Å²) in [5, 5.41) is 9.73. The van der Waals surface area contributed by atoms with Gasteiger partial charge in [0.1, 0.15) is 6.61 Å². The predicted octanol–water partition coefficient (Wildman–Crippen LogP) is 1.82. The molecule has 2 heterocycles. The third kappa shape index (κ3) is 3.14. The number of ether oxygens (including phenoxy) is 3. The summed E-state index contributed by atoms with van der Waals surface area (Å²) in [6.45, 7) is 5.29. The maximum Gasteiger partial charge on any atom is 0.311 e. The summed E-state index contributed by atoms with van der Waals surface area (Å²) < 4.78 is 16.2. The lowest BCUT2D eigenvalue weighted by Gasteiger charge is -2.33. The van der Waals surface area contributed by atoms with Gasteiger partial charge in [-0.2, -0.15) is 0 Å². The molecule has 0 unspecified atom stereocenters. The number of carbonyl (C=O) groups excluding carboxylic acids is 1. The Kier molecular flexibility index (Phi) is 5.18. The zero-order valence-electron chi connectivity index (χ0n) is 14.8. The molecule has 140 valence electrons. The predicted molar refractivity (Wildman–Crippen MR) is 93.6 cm³/mol. The van der Waals surface area contributed by atoms with Crippen molar-refractivity contribution >= 4 is 11.9 Å². The molecule has 0 saturated carbocycles. The van der Waals surface area contributed by atoms with Gasteiger partial charge in [0.25, 0.3) is 5.91 Å². The van der Waals surface area contributed by atoms with E-state index in [0.29, 0.717) is 49.8 Å². The summed E-state index contributed by atoms with van der Waals surface area (Å²) in [6.07, 6.45) is 2.05. The van der Waals surface area contributed by atoms with Crippen LogP contribution >= 0.6 is 0 Å². The summed E-state index contributed by atoms with van der Waals surface area (Å²) >= 11 is 0. The van der Waals surface area contributed by atoms with E-state index in [9.17, 15) is 14.7 Å². The van der Waals surface area contributed by atoms with Crippen molar-refractivity contribution in [2.75, 3.05) is 40.0 Å². The number of fused-ring (bicyclic) bond motifs is 1. The minimum absolute atomic E-state index is 0.185. The van der Waals surface area contributed by atoms with Crippen LogP contribution in [0.15, 0.2) is 30.9 Å². The summed E-state index contributed by atoms with van der Waals surface area (Å²) in [6, 6.07) is 4.95. The van der Waals surface area contributed by atoms with E-state index in [2.05, 4.69) is 6.58 Å². The Morgan fingerprint density at radius 2 is 2.27 bits per heavy atom. The molecule has 0 spiro atoms. The molecular formula is C19H23NO6. The Morgan fingerprint density at radius 1 is 1.46 bits per heavy atom. The van der Waals surface area contributed by atoms with E-state index in [1.807, 2.05) is 0 Å². The fourth-order valence-corrected chi connectivity index (χ4v) is 3.71. The molecular weight excluding hydrogens is 338 g/mol. The first kappa shape index (κ1) is 18.3. The van der Waals surface area contributed by atoms with Crippen molar-refractivity contribution in [3.8, 4) is 11.5 Å². The van der Waals surface area contributed by atoms with Gasteiger partial charge in [0, 0.05) is 31.2 Å². The lowest BCUT2D eigenvalue weighted by atomic mass is 9.74. The molecule has 1 amide bonds. The quantitative estimate of drug-likeness (QED) is 0.778. The standard InChI is InChI=1S/C19H23NO6/c1-3-7-26-15-5-4-13(9-16(15)24-2)17(21)20-10-14-11-25-8-6-19(14,12-20)18(22)23/h3-5,9,14H,1,6-8,10-12H2,2H3,(H,22,23)/t14-,19+/m0/s1. The molecule has 2 fully saturated rings. The molecule has 3 rings (SSSR count). The average Bonchev–Trinajstić information content (AvgIpc) is 3.06.